The van der Waals surface area contributed by atoms with E-state index in [1.54, 1.807) is 24.3 Å². The van der Waals surface area contributed by atoms with E-state index in [0.29, 0.717) is 11.5 Å². The molecule has 0 aliphatic carbocycles. The van der Waals surface area contributed by atoms with Gasteiger partial charge in [0.25, 0.3) is 5.09 Å². The van der Waals surface area contributed by atoms with Crippen molar-refractivity contribution >= 4 is 41.5 Å². The SMILES string of the molecule is COC(=O)[C@H](CSCC(=O)C(=O)OCCOc1ccc(OCCO[N+](=O)[O-])cc1)NC(=O)NCCCC(=O)O. The number of ether oxygens (including phenoxy) is 4. The number of hydrogen-bond acceptors (Lipinski definition) is 13. The van der Waals surface area contributed by atoms with Crippen LogP contribution in [0.5, 0.6) is 11.5 Å². The molecule has 16 nitrogen and oxygen atoms in total. The summed E-state index contributed by atoms with van der Waals surface area (Å²) in [6.45, 7) is -0.407. The van der Waals surface area contributed by atoms with Gasteiger partial charge in [0, 0.05) is 18.7 Å². The van der Waals surface area contributed by atoms with Crippen molar-refractivity contribution in [3.05, 3.63) is 34.4 Å². The molecule has 0 saturated carbocycles. The Morgan fingerprint density at radius 3 is 2.21 bits per heavy atom. The highest BCUT2D eigenvalue weighted by molar-refractivity contribution is 8.00. The molecule has 0 aliphatic rings. The molecule has 1 aromatic rings. The zero-order valence-corrected chi connectivity index (χ0v) is 21.8. The van der Waals surface area contributed by atoms with Crippen molar-refractivity contribution in [2.24, 2.45) is 0 Å². The Morgan fingerprint density at radius 2 is 1.64 bits per heavy atom. The Bertz CT molecular complexity index is 974. The maximum absolute atomic E-state index is 12.0. The van der Waals surface area contributed by atoms with Crippen LogP contribution >= 0.6 is 11.8 Å². The summed E-state index contributed by atoms with van der Waals surface area (Å²) in [5, 5.41) is 22.5. The third kappa shape index (κ3) is 15.5. The molecule has 3 N–H and O–H groups in total. The highest BCUT2D eigenvalue weighted by Gasteiger charge is 2.23. The van der Waals surface area contributed by atoms with Crippen LogP contribution in [0.3, 0.4) is 0 Å². The summed E-state index contributed by atoms with van der Waals surface area (Å²) in [5.74, 6) is -3.24. The lowest BCUT2D eigenvalue weighted by molar-refractivity contribution is -0.757. The van der Waals surface area contributed by atoms with Gasteiger partial charge in [-0.2, -0.15) is 11.8 Å². The predicted molar refractivity (Wildman–Crippen MR) is 133 cm³/mol. The summed E-state index contributed by atoms with van der Waals surface area (Å²) in [6, 6.07) is 4.43. The molecular formula is C22H29N3O13S. The summed E-state index contributed by atoms with van der Waals surface area (Å²) in [7, 11) is 1.12. The fourth-order valence-electron chi connectivity index (χ4n) is 2.57. The first-order chi connectivity index (χ1) is 18.6. The molecule has 39 heavy (non-hydrogen) atoms. The van der Waals surface area contributed by atoms with E-state index in [-0.39, 0.29) is 57.3 Å². The lowest BCUT2D eigenvalue weighted by Crippen LogP contribution is -2.48. The third-order valence-corrected chi connectivity index (χ3v) is 5.38. The van der Waals surface area contributed by atoms with Gasteiger partial charge >= 0.3 is 23.9 Å². The maximum Gasteiger partial charge on any atom is 0.375 e. The second-order valence-electron chi connectivity index (χ2n) is 7.27. The first kappa shape index (κ1) is 32.7. The van der Waals surface area contributed by atoms with Crippen molar-refractivity contribution in [1.82, 2.24) is 10.6 Å². The van der Waals surface area contributed by atoms with Gasteiger partial charge in [-0.1, -0.05) is 0 Å². The first-order valence-corrected chi connectivity index (χ1v) is 12.5. The first-order valence-electron chi connectivity index (χ1n) is 11.4. The minimum absolute atomic E-state index is 0.0190. The number of amides is 2. The van der Waals surface area contributed by atoms with Crippen LogP contribution in [0.4, 0.5) is 4.79 Å². The van der Waals surface area contributed by atoms with E-state index in [2.05, 4.69) is 20.2 Å². The van der Waals surface area contributed by atoms with Crippen molar-refractivity contribution in [1.29, 1.82) is 0 Å². The third-order valence-electron chi connectivity index (χ3n) is 4.35. The molecule has 0 aromatic heterocycles. The van der Waals surface area contributed by atoms with Crippen molar-refractivity contribution in [3.8, 4) is 11.5 Å². The standard InChI is InChI=1S/C22H29N3O13S/c1-34-20(29)17(24-22(31)23-8-2-3-19(27)28)13-39-14-18(26)21(30)37-10-9-35-15-4-6-16(7-5-15)36-11-12-38-25(32)33/h4-7,17H,2-3,8-14H2,1H3,(H,27,28)(H2,23,24,31)/t17-/m0/s1. The molecule has 1 aromatic carbocycles. The van der Waals surface area contributed by atoms with Gasteiger partial charge in [-0.15, -0.1) is 10.1 Å². The van der Waals surface area contributed by atoms with E-state index in [0.717, 1.165) is 18.9 Å². The lowest BCUT2D eigenvalue weighted by Gasteiger charge is -2.16. The van der Waals surface area contributed by atoms with Crippen molar-refractivity contribution in [2.45, 2.75) is 18.9 Å². The van der Waals surface area contributed by atoms with E-state index in [9.17, 15) is 34.1 Å². The summed E-state index contributed by atoms with van der Waals surface area (Å²) in [5.41, 5.74) is 0. The molecule has 0 aliphatic heterocycles. The zero-order valence-electron chi connectivity index (χ0n) is 21.0. The fourth-order valence-corrected chi connectivity index (χ4v) is 3.44. The Labute approximate surface area is 226 Å². The van der Waals surface area contributed by atoms with Crippen LogP contribution < -0.4 is 20.1 Å². The van der Waals surface area contributed by atoms with Gasteiger partial charge in [-0.25, -0.2) is 14.4 Å². The number of thioether (sulfide) groups is 1. The second-order valence-corrected chi connectivity index (χ2v) is 8.30. The second kappa shape index (κ2) is 18.9. The number of aliphatic carboxylic acids is 1. The smallest absolute Gasteiger partial charge is 0.375 e. The summed E-state index contributed by atoms with van der Waals surface area (Å²) in [4.78, 5) is 72.3. The summed E-state index contributed by atoms with van der Waals surface area (Å²) in [6.07, 6.45) is 0.0750. The van der Waals surface area contributed by atoms with Gasteiger partial charge in [0.2, 0.25) is 5.78 Å². The van der Waals surface area contributed by atoms with Crippen molar-refractivity contribution in [2.75, 3.05) is 51.6 Å². The van der Waals surface area contributed by atoms with E-state index >= 15 is 0 Å². The molecule has 0 radical (unpaired) electrons. The predicted octanol–water partition coefficient (Wildman–Crippen LogP) is 0.204. The van der Waals surface area contributed by atoms with Gasteiger partial charge in [-0.3, -0.25) is 9.59 Å². The van der Waals surface area contributed by atoms with Crippen molar-refractivity contribution < 1.29 is 58.0 Å². The van der Waals surface area contributed by atoms with Crippen LogP contribution in [0.15, 0.2) is 24.3 Å². The molecule has 0 bridgehead atoms. The number of ketones is 1. The molecule has 0 unspecified atom stereocenters. The maximum atomic E-state index is 12.0. The highest BCUT2D eigenvalue weighted by atomic mass is 32.2. The number of carboxylic acid groups (broad SMARTS) is 1. The number of carbonyl (C=O) groups is 5. The molecule has 17 heteroatoms. The van der Waals surface area contributed by atoms with Crippen molar-refractivity contribution in [3.63, 3.8) is 0 Å². The quantitative estimate of drug-likeness (QED) is 0.0622. The van der Waals surface area contributed by atoms with Gasteiger partial charge in [0.1, 0.15) is 44.0 Å². The average Bonchev–Trinajstić information content (AvgIpc) is 2.90. The Balaban J connectivity index is 2.28. The summed E-state index contributed by atoms with van der Waals surface area (Å²) < 4.78 is 20.1. The molecule has 2 amide bonds. The van der Waals surface area contributed by atoms with Gasteiger partial charge in [-0.05, 0) is 30.7 Å². The topological polar surface area (TPSA) is 219 Å². The number of esters is 2. The number of hydrogen-bond donors (Lipinski definition) is 3. The Kier molecular flexibility index (Phi) is 15.9. The van der Waals surface area contributed by atoms with Crippen LogP contribution in [-0.2, 0) is 33.5 Å². The number of urea groups is 1. The molecule has 0 fully saturated rings. The highest BCUT2D eigenvalue weighted by Crippen LogP contribution is 2.17. The molecule has 1 atom stereocenters. The number of nitrogens with zero attached hydrogens (tertiary/aromatic N) is 1. The minimum atomic E-state index is -1.11. The largest absolute Gasteiger partial charge is 0.492 e. The van der Waals surface area contributed by atoms with E-state index < -0.39 is 40.9 Å². The normalized spacial score (nSPS) is 10.9. The van der Waals surface area contributed by atoms with E-state index in [1.165, 1.54) is 0 Å². The van der Waals surface area contributed by atoms with Crippen LogP contribution in [0.25, 0.3) is 0 Å². The van der Waals surface area contributed by atoms with Crippen LogP contribution in [0.1, 0.15) is 12.8 Å². The average molecular weight is 576 g/mol. The monoisotopic (exact) mass is 575 g/mol. The number of Topliss-reactive ketones (excluding diaryl/α,β-unsaturated/α-hetero) is 1. The number of benzene rings is 1. The lowest BCUT2D eigenvalue weighted by atomic mass is 10.3. The molecule has 1 rings (SSSR count). The molecular weight excluding hydrogens is 546 g/mol. The Morgan fingerprint density at radius 1 is 1.03 bits per heavy atom. The van der Waals surface area contributed by atoms with E-state index in [1.807, 2.05) is 0 Å². The number of methoxy groups -OCH3 is 1. The molecule has 0 heterocycles. The number of carbonyl (C=O) groups excluding carboxylic acids is 4. The van der Waals surface area contributed by atoms with Crippen LogP contribution in [-0.4, -0.2) is 97.5 Å². The molecule has 216 valence electrons. The van der Waals surface area contributed by atoms with Crippen LogP contribution in [0, 0.1) is 10.1 Å². The van der Waals surface area contributed by atoms with E-state index in [4.69, 9.17) is 19.3 Å². The number of rotatable bonds is 20. The van der Waals surface area contributed by atoms with Crippen LogP contribution in [0.2, 0.25) is 0 Å². The van der Waals surface area contributed by atoms with Gasteiger partial charge < -0.3 is 39.5 Å². The fraction of sp³-hybridized carbons (Fsp3) is 0.500. The molecule has 0 saturated heterocycles. The van der Waals surface area contributed by atoms with Gasteiger partial charge in [0.15, 0.2) is 0 Å². The zero-order chi connectivity index (χ0) is 29.0. The number of carboxylic acids is 1. The minimum Gasteiger partial charge on any atom is -0.492 e. The van der Waals surface area contributed by atoms with Gasteiger partial charge in [0.05, 0.1) is 12.9 Å². The molecule has 0 spiro atoms. The number of nitrogens with one attached hydrogen (secondary N) is 2. The summed E-state index contributed by atoms with van der Waals surface area (Å²) >= 11 is 0.906. The Hall–Kier alpha value is -4.28.